The van der Waals surface area contributed by atoms with Crippen LogP contribution < -0.4 is 0 Å². The SMILES string of the molecule is CCCCC(CC)Cc1ccc(-c2ccc(-c3ccc(-c4ccc(-c5ccc(CC(C)CC)cc5F)cc4)c4nsnc34)cc2)c(F)c1. The quantitative estimate of drug-likeness (QED) is 0.123. The van der Waals surface area contributed by atoms with Gasteiger partial charge in [0.25, 0.3) is 0 Å². The Bertz CT molecular complexity index is 1980. The highest BCUT2D eigenvalue weighted by molar-refractivity contribution is 7.00. The van der Waals surface area contributed by atoms with Crippen molar-refractivity contribution in [1.82, 2.24) is 8.75 Å². The van der Waals surface area contributed by atoms with Crippen LogP contribution in [0.4, 0.5) is 8.78 Å². The number of hydrogen-bond acceptors (Lipinski definition) is 3. The van der Waals surface area contributed by atoms with E-state index in [1.54, 1.807) is 12.1 Å². The molecule has 0 saturated heterocycles. The number of hydrogen-bond donors (Lipinski definition) is 0. The van der Waals surface area contributed by atoms with E-state index in [9.17, 15) is 0 Å². The number of rotatable bonds is 13. The molecule has 0 saturated carbocycles. The first-order valence-corrected chi connectivity index (χ1v) is 18.1. The van der Waals surface area contributed by atoms with Gasteiger partial charge in [-0.15, -0.1) is 0 Å². The fraction of sp³-hybridized carbons (Fsp3) is 0.302. The molecule has 2 atom stereocenters. The molecule has 48 heavy (non-hydrogen) atoms. The second-order valence-electron chi connectivity index (χ2n) is 13.2. The fourth-order valence-electron chi connectivity index (χ4n) is 6.65. The van der Waals surface area contributed by atoms with Gasteiger partial charge in [-0.3, -0.25) is 0 Å². The molecule has 0 amide bonds. The van der Waals surface area contributed by atoms with Crippen molar-refractivity contribution in [1.29, 1.82) is 0 Å². The molecule has 5 aromatic carbocycles. The van der Waals surface area contributed by atoms with Gasteiger partial charge in [-0.1, -0.05) is 145 Å². The summed E-state index contributed by atoms with van der Waals surface area (Å²) in [5.41, 5.74) is 10.7. The molecule has 6 rings (SSSR count). The van der Waals surface area contributed by atoms with Crippen molar-refractivity contribution in [3.63, 3.8) is 0 Å². The average Bonchev–Trinajstić information content (AvgIpc) is 3.60. The summed E-state index contributed by atoms with van der Waals surface area (Å²) in [4.78, 5) is 0. The summed E-state index contributed by atoms with van der Waals surface area (Å²) in [5, 5.41) is 0. The molecular weight excluding hydrogens is 615 g/mol. The Balaban J connectivity index is 1.21. The van der Waals surface area contributed by atoms with Crippen LogP contribution in [-0.2, 0) is 12.8 Å². The van der Waals surface area contributed by atoms with Gasteiger partial charge in [-0.2, -0.15) is 8.75 Å². The van der Waals surface area contributed by atoms with E-state index in [4.69, 9.17) is 0 Å². The van der Waals surface area contributed by atoms with Crippen molar-refractivity contribution in [3.05, 3.63) is 120 Å². The van der Waals surface area contributed by atoms with Crippen LogP contribution in [0.2, 0.25) is 0 Å². The molecule has 0 aliphatic carbocycles. The minimum Gasteiger partial charge on any atom is -0.206 e. The highest BCUT2D eigenvalue weighted by Gasteiger charge is 2.16. The summed E-state index contributed by atoms with van der Waals surface area (Å²) >= 11 is 1.19. The Morgan fingerprint density at radius 2 is 1.00 bits per heavy atom. The van der Waals surface area contributed by atoms with Crippen molar-refractivity contribution in [2.24, 2.45) is 11.8 Å². The molecule has 0 fully saturated rings. The molecule has 0 aliphatic rings. The Labute approximate surface area is 288 Å². The molecule has 0 aliphatic heterocycles. The van der Waals surface area contributed by atoms with Crippen LogP contribution in [0.15, 0.2) is 97.1 Å². The summed E-state index contributed by atoms with van der Waals surface area (Å²) in [6, 6.07) is 31.5. The van der Waals surface area contributed by atoms with Crippen molar-refractivity contribution in [2.45, 2.75) is 72.6 Å². The Kier molecular flexibility index (Phi) is 10.8. The van der Waals surface area contributed by atoms with Crippen molar-refractivity contribution in [2.75, 3.05) is 0 Å². The van der Waals surface area contributed by atoms with Crippen molar-refractivity contribution >= 4 is 22.8 Å². The third kappa shape index (κ3) is 7.42. The summed E-state index contributed by atoms with van der Waals surface area (Å²) in [7, 11) is 0. The first-order chi connectivity index (χ1) is 23.4. The molecule has 1 heterocycles. The fourth-order valence-corrected chi connectivity index (χ4v) is 7.23. The number of unbranched alkanes of at least 4 members (excludes halogenated alkanes) is 1. The van der Waals surface area contributed by atoms with Gasteiger partial charge in [0.15, 0.2) is 0 Å². The standard InChI is InChI=1S/C43H44F2N2S/c1-5-8-9-29(7-3)25-31-11-21-37(41(45)27-31)33-14-18-35(19-15-33)39-23-22-38(42-43(39)47-48-46-42)34-16-12-32(13-17-34)36-20-10-30(26-40(36)44)24-28(4)6-2/h10-23,26-29H,5-9,24-25H2,1-4H3. The molecule has 6 aromatic rings. The molecule has 2 nitrogen and oxygen atoms in total. The maximum Gasteiger partial charge on any atom is 0.131 e. The van der Waals surface area contributed by atoms with Crippen LogP contribution in [0.5, 0.6) is 0 Å². The van der Waals surface area contributed by atoms with Gasteiger partial charge in [0.05, 0.1) is 11.7 Å². The molecule has 0 bridgehead atoms. The smallest absolute Gasteiger partial charge is 0.131 e. The van der Waals surface area contributed by atoms with Gasteiger partial charge in [0.1, 0.15) is 22.7 Å². The Hall–Kier alpha value is -4.22. The highest BCUT2D eigenvalue weighted by atomic mass is 32.1. The second-order valence-corrected chi connectivity index (χ2v) is 13.8. The third-order valence-corrected chi connectivity index (χ3v) is 10.4. The summed E-state index contributed by atoms with van der Waals surface area (Å²) in [6.07, 6.45) is 7.62. The van der Waals surface area contributed by atoms with E-state index in [1.807, 2.05) is 66.7 Å². The third-order valence-electron chi connectivity index (χ3n) is 9.84. The molecule has 0 radical (unpaired) electrons. The Morgan fingerprint density at radius 3 is 1.42 bits per heavy atom. The molecule has 2 unspecified atom stereocenters. The minimum atomic E-state index is -0.187. The number of nitrogens with zero attached hydrogens (tertiary/aromatic N) is 2. The van der Waals surface area contributed by atoms with Gasteiger partial charge in [0, 0.05) is 22.3 Å². The first-order valence-electron chi connectivity index (χ1n) is 17.4. The lowest BCUT2D eigenvalue weighted by Gasteiger charge is -2.15. The van der Waals surface area contributed by atoms with Gasteiger partial charge in [-0.25, -0.2) is 8.78 Å². The van der Waals surface area contributed by atoms with E-state index >= 15 is 8.78 Å². The zero-order valence-corrected chi connectivity index (χ0v) is 29.2. The van der Waals surface area contributed by atoms with E-state index in [2.05, 4.69) is 54.6 Å². The molecule has 0 N–H and O–H groups in total. The minimum absolute atomic E-state index is 0.173. The summed E-state index contributed by atoms with van der Waals surface area (Å²) in [6.45, 7) is 8.81. The predicted octanol–water partition coefficient (Wildman–Crippen LogP) is 13.0. The van der Waals surface area contributed by atoms with E-state index in [0.717, 1.165) is 81.2 Å². The second kappa shape index (κ2) is 15.3. The van der Waals surface area contributed by atoms with E-state index in [-0.39, 0.29) is 11.6 Å². The van der Waals surface area contributed by atoms with Crippen LogP contribution in [0.25, 0.3) is 55.5 Å². The van der Waals surface area contributed by atoms with Crippen LogP contribution in [-0.4, -0.2) is 8.75 Å². The summed E-state index contributed by atoms with van der Waals surface area (Å²) in [5.74, 6) is 0.772. The molecule has 5 heteroatoms. The lowest BCUT2D eigenvalue weighted by molar-refractivity contribution is 0.448. The van der Waals surface area contributed by atoms with Crippen LogP contribution in [0, 0.1) is 23.5 Å². The largest absolute Gasteiger partial charge is 0.206 e. The van der Waals surface area contributed by atoms with Gasteiger partial charge in [-0.05, 0) is 70.2 Å². The van der Waals surface area contributed by atoms with Crippen LogP contribution in [0.3, 0.4) is 0 Å². The predicted molar refractivity (Wildman–Crippen MR) is 199 cm³/mol. The topological polar surface area (TPSA) is 25.8 Å². The van der Waals surface area contributed by atoms with E-state index in [0.29, 0.717) is 23.0 Å². The maximum absolute atomic E-state index is 15.3. The number of fused-ring (bicyclic) bond motifs is 1. The summed E-state index contributed by atoms with van der Waals surface area (Å²) < 4.78 is 39.7. The van der Waals surface area contributed by atoms with Gasteiger partial charge >= 0.3 is 0 Å². The number of aromatic nitrogens is 2. The molecule has 1 aromatic heterocycles. The zero-order chi connectivity index (χ0) is 33.6. The lowest BCUT2D eigenvalue weighted by atomic mass is 9.91. The maximum atomic E-state index is 15.3. The lowest BCUT2D eigenvalue weighted by Crippen LogP contribution is -2.04. The highest BCUT2D eigenvalue weighted by Crippen LogP contribution is 2.37. The van der Waals surface area contributed by atoms with Crippen molar-refractivity contribution in [3.8, 4) is 44.5 Å². The number of benzene rings is 5. The van der Waals surface area contributed by atoms with E-state index in [1.165, 1.54) is 31.0 Å². The first kappa shape index (κ1) is 33.7. The number of halogens is 2. The monoisotopic (exact) mass is 658 g/mol. The molecular formula is C43H44F2N2S. The van der Waals surface area contributed by atoms with Gasteiger partial charge in [0.2, 0.25) is 0 Å². The van der Waals surface area contributed by atoms with Crippen LogP contribution >= 0.6 is 11.7 Å². The van der Waals surface area contributed by atoms with E-state index < -0.39 is 0 Å². The van der Waals surface area contributed by atoms with Crippen LogP contribution in [0.1, 0.15) is 70.9 Å². The Morgan fingerprint density at radius 1 is 0.562 bits per heavy atom. The zero-order valence-electron chi connectivity index (χ0n) is 28.4. The molecule has 0 spiro atoms. The average molecular weight is 659 g/mol. The molecule has 246 valence electrons. The normalized spacial score (nSPS) is 12.8. The van der Waals surface area contributed by atoms with Crippen molar-refractivity contribution < 1.29 is 8.78 Å². The van der Waals surface area contributed by atoms with Gasteiger partial charge < -0.3 is 0 Å².